The lowest BCUT2D eigenvalue weighted by Crippen LogP contribution is -2.34. The van der Waals surface area contributed by atoms with Crippen molar-refractivity contribution in [2.24, 2.45) is 5.92 Å². The number of benzene rings is 2. The van der Waals surface area contributed by atoms with E-state index in [-0.39, 0.29) is 23.8 Å². The lowest BCUT2D eigenvalue weighted by Gasteiger charge is -2.17. The number of anilines is 1. The Morgan fingerprint density at radius 3 is 2.64 bits per heavy atom. The Morgan fingerprint density at radius 2 is 1.89 bits per heavy atom. The third-order valence-electron chi connectivity index (χ3n) is 4.67. The molecule has 1 saturated heterocycles. The van der Waals surface area contributed by atoms with Gasteiger partial charge < -0.3 is 20.9 Å². The molecule has 7 heteroatoms. The highest BCUT2D eigenvalue weighted by Gasteiger charge is 2.29. The number of nitrogens with zero attached hydrogens (tertiary/aromatic N) is 1. The molecule has 0 aromatic heterocycles. The summed E-state index contributed by atoms with van der Waals surface area (Å²) < 4.78 is 0. The number of carbonyl (C=O) groups is 3. The van der Waals surface area contributed by atoms with Crippen LogP contribution in [0.4, 0.5) is 10.5 Å². The molecule has 3 N–H and O–H groups in total. The van der Waals surface area contributed by atoms with Crippen LogP contribution in [0.2, 0.25) is 0 Å². The molecule has 1 unspecified atom stereocenters. The van der Waals surface area contributed by atoms with Crippen molar-refractivity contribution in [2.75, 3.05) is 25.5 Å². The van der Waals surface area contributed by atoms with Crippen molar-refractivity contribution in [3.63, 3.8) is 0 Å². The summed E-state index contributed by atoms with van der Waals surface area (Å²) in [4.78, 5) is 37.9. The van der Waals surface area contributed by atoms with Crippen molar-refractivity contribution < 1.29 is 14.4 Å². The van der Waals surface area contributed by atoms with Gasteiger partial charge in [-0.1, -0.05) is 36.4 Å². The van der Waals surface area contributed by atoms with E-state index in [0.717, 1.165) is 5.56 Å². The number of hydrogen-bond acceptors (Lipinski definition) is 3. The lowest BCUT2D eigenvalue weighted by atomic mass is 10.1. The minimum atomic E-state index is -0.358. The van der Waals surface area contributed by atoms with Crippen LogP contribution in [-0.4, -0.2) is 42.9 Å². The summed E-state index contributed by atoms with van der Waals surface area (Å²) in [5, 5.41) is 8.08. The molecule has 0 radical (unpaired) electrons. The fourth-order valence-corrected chi connectivity index (χ4v) is 3.24. The molecule has 1 atom stereocenters. The number of urea groups is 1. The van der Waals surface area contributed by atoms with E-state index in [1.54, 1.807) is 31.3 Å². The standard InChI is InChI=1S/C21H24N4O3/c1-22-20(27)17-8-5-9-18(11-17)24-21(28)23-12-16-10-19(26)25(14-16)13-15-6-3-2-4-7-15/h2-9,11,16H,10,12-14H2,1H3,(H,22,27)(H2,23,24,28). The molecule has 0 aliphatic carbocycles. The van der Waals surface area contributed by atoms with Gasteiger partial charge in [0.05, 0.1) is 0 Å². The molecular weight excluding hydrogens is 356 g/mol. The van der Waals surface area contributed by atoms with E-state index >= 15 is 0 Å². The van der Waals surface area contributed by atoms with Crippen LogP contribution in [-0.2, 0) is 11.3 Å². The minimum Gasteiger partial charge on any atom is -0.355 e. The highest BCUT2D eigenvalue weighted by Crippen LogP contribution is 2.19. The quantitative estimate of drug-likeness (QED) is 0.718. The average Bonchev–Trinajstić information content (AvgIpc) is 3.06. The molecule has 0 saturated carbocycles. The van der Waals surface area contributed by atoms with Crippen LogP contribution >= 0.6 is 0 Å². The Balaban J connectivity index is 1.47. The Hall–Kier alpha value is -3.35. The smallest absolute Gasteiger partial charge is 0.319 e. The van der Waals surface area contributed by atoms with Crippen molar-refractivity contribution in [3.05, 3.63) is 65.7 Å². The fraction of sp³-hybridized carbons (Fsp3) is 0.286. The second-order valence-electron chi connectivity index (χ2n) is 6.82. The van der Waals surface area contributed by atoms with Crippen LogP contribution in [0.5, 0.6) is 0 Å². The zero-order valence-electron chi connectivity index (χ0n) is 15.8. The van der Waals surface area contributed by atoms with E-state index in [0.29, 0.717) is 37.3 Å². The summed E-state index contributed by atoms with van der Waals surface area (Å²) in [6.07, 6.45) is 0.430. The Morgan fingerprint density at radius 1 is 1.11 bits per heavy atom. The number of hydrogen-bond donors (Lipinski definition) is 3. The van der Waals surface area contributed by atoms with Gasteiger partial charge in [-0.15, -0.1) is 0 Å². The molecule has 0 bridgehead atoms. The zero-order valence-corrected chi connectivity index (χ0v) is 15.8. The predicted octanol–water partition coefficient (Wildman–Crippen LogP) is 2.22. The molecule has 0 spiro atoms. The number of likely N-dealkylation sites (tertiary alicyclic amines) is 1. The number of rotatable bonds is 6. The van der Waals surface area contributed by atoms with Crippen LogP contribution < -0.4 is 16.0 Å². The number of amides is 4. The van der Waals surface area contributed by atoms with Gasteiger partial charge in [-0.05, 0) is 23.8 Å². The second-order valence-corrected chi connectivity index (χ2v) is 6.82. The zero-order chi connectivity index (χ0) is 19.9. The lowest BCUT2D eigenvalue weighted by molar-refractivity contribution is -0.128. The van der Waals surface area contributed by atoms with Crippen molar-refractivity contribution in [1.29, 1.82) is 0 Å². The van der Waals surface area contributed by atoms with E-state index in [9.17, 15) is 14.4 Å². The van der Waals surface area contributed by atoms with Gasteiger partial charge >= 0.3 is 6.03 Å². The SMILES string of the molecule is CNC(=O)c1cccc(NC(=O)NCC2CC(=O)N(Cc3ccccc3)C2)c1. The van der Waals surface area contributed by atoms with Gasteiger partial charge in [0.2, 0.25) is 5.91 Å². The van der Waals surface area contributed by atoms with Crippen molar-refractivity contribution in [1.82, 2.24) is 15.5 Å². The first-order valence-corrected chi connectivity index (χ1v) is 9.24. The molecule has 1 aliphatic rings. The average molecular weight is 380 g/mol. The largest absolute Gasteiger partial charge is 0.355 e. The van der Waals surface area contributed by atoms with Crippen molar-refractivity contribution in [2.45, 2.75) is 13.0 Å². The third kappa shape index (κ3) is 5.09. The maximum atomic E-state index is 12.2. The normalized spacial score (nSPS) is 16.0. The summed E-state index contributed by atoms with van der Waals surface area (Å²) in [5.41, 5.74) is 2.10. The molecule has 7 nitrogen and oxygen atoms in total. The third-order valence-corrected chi connectivity index (χ3v) is 4.67. The maximum Gasteiger partial charge on any atom is 0.319 e. The van der Waals surface area contributed by atoms with Gasteiger partial charge in [-0.2, -0.15) is 0 Å². The molecular formula is C21H24N4O3. The Kier molecular flexibility index (Phi) is 6.26. The highest BCUT2D eigenvalue weighted by atomic mass is 16.2. The van der Waals surface area contributed by atoms with Gasteiger partial charge in [0.15, 0.2) is 0 Å². The van der Waals surface area contributed by atoms with E-state index in [4.69, 9.17) is 0 Å². The minimum absolute atomic E-state index is 0.0826. The first-order valence-electron chi connectivity index (χ1n) is 9.24. The van der Waals surface area contributed by atoms with Crippen LogP contribution in [0.15, 0.2) is 54.6 Å². The van der Waals surface area contributed by atoms with Gasteiger partial charge in [0.25, 0.3) is 5.91 Å². The first kappa shape index (κ1) is 19.4. The monoisotopic (exact) mass is 380 g/mol. The summed E-state index contributed by atoms with van der Waals surface area (Å²) >= 11 is 0. The highest BCUT2D eigenvalue weighted by molar-refractivity contribution is 5.96. The Bertz CT molecular complexity index is 854. The van der Waals surface area contributed by atoms with Crippen LogP contribution in [0.25, 0.3) is 0 Å². The van der Waals surface area contributed by atoms with E-state index in [1.165, 1.54) is 0 Å². The van der Waals surface area contributed by atoms with Gasteiger partial charge in [0, 0.05) is 50.3 Å². The molecule has 3 rings (SSSR count). The summed E-state index contributed by atoms with van der Waals surface area (Å²) in [6.45, 7) is 1.63. The van der Waals surface area contributed by atoms with Gasteiger partial charge in [-0.25, -0.2) is 4.79 Å². The van der Waals surface area contributed by atoms with Crippen LogP contribution in [0, 0.1) is 5.92 Å². The molecule has 1 aliphatic heterocycles. The van der Waals surface area contributed by atoms with Gasteiger partial charge in [0.1, 0.15) is 0 Å². The van der Waals surface area contributed by atoms with Crippen molar-refractivity contribution in [3.8, 4) is 0 Å². The molecule has 1 heterocycles. The number of carbonyl (C=O) groups excluding carboxylic acids is 3. The molecule has 1 fully saturated rings. The summed E-state index contributed by atoms with van der Waals surface area (Å²) in [6, 6.07) is 16.2. The molecule has 4 amide bonds. The topological polar surface area (TPSA) is 90.5 Å². The summed E-state index contributed by atoms with van der Waals surface area (Å²) in [7, 11) is 1.55. The molecule has 146 valence electrons. The second kappa shape index (κ2) is 9.03. The first-order chi connectivity index (χ1) is 13.5. The van der Waals surface area contributed by atoms with Crippen LogP contribution in [0.3, 0.4) is 0 Å². The van der Waals surface area contributed by atoms with Crippen LogP contribution in [0.1, 0.15) is 22.3 Å². The summed E-state index contributed by atoms with van der Waals surface area (Å²) in [5.74, 6) is -0.0273. The molecule has 2 aromatic carbocycles. The maximum absolute atomic E-state index is 12.2. The molecule has 28 heavy (non-hydrogen) atoms. The van der Waals surface area contributed by atoms with E-state index in [1.807, 2.05) is 35.2 Å². The number of nitrogens with one attached hydrogen (secondary N) is 3. The fourth-order valence-electron chi connectivity index (χ4n) is 3.24. The van der Waals surface area contributed by atoms with Crippen molar-refractivity contribution >= 4 is 23.5 Å². The molecule has 2 aromatic rings. The van der Waals surface area contributed by atoms with Gasteiger partial charge in [-0.3, -0.25) is 9.59 Å². The predicted molar refractivity (Wildman–Crippen MR) is 107 cm³/mol. The van der Waals surface area contributed by atoms with E-state index in [2.05, 4.69) is 16.0 Å². The Labute approximate surface area is 164 Å². The van der Waals surface area contributed by atoms with E-state index < -0.39 is 0 Å².